The van der Waals surface area contributed by atoms with Gasteiger partial charge in [0.15, 0.2) is 11.4 Å². The Labute approximate surface area is 427 Å². The molecule has 3 N–H and O–H groups in total. The van der Waals surface area contributed by atoms with Crippen molar-refractivity contribution in [2.24, 2.45) is 10.8 Å². The van der Waals surface area contributed by atoms with Gasteiger partial charge in [-0.1, -0.05) is 19.6 Å². The van der Waals surface area contributed by atoms with Crippen LogP contribution in [-0.2, 0) is 11.2 Å². The number of hydrogen-bond acceptors (Lipinski definition) is 13. The molecule has 12 rings (SSSR count). The molecule has 0 bridgehead atoms. The number of β-amino-alcohol motifs (C(OH)–C–C–N with tert-alkyl or cyclic N) is 1. The van der Waals surface area contributed by atoms with Gasteiger partial charge in [0.2, 0.25) is 5.91 Å². The van der Waals surface area contributed by atoms with Gasteiger partial charge >= 0.3 is 11.8 Å². The van der Waals surface area contributed by atoms with E-state index < -0.39 is 34.7 Å². The number of piperidine rings is 3. The Hall–Kier alpha value is -6.24. The van der Waals surface area contributed by atoms with Crippen molar-refractivity contribution in [1.82, 2.24) is 34.6 Å². The van der Waals surface area contributed by atoms with E-state index >= 15 is 13.2 Å². The van der Waals surface area contributed by atoms with Gasteiger partial charge in [-0.05, 0) is 143 Å². The van der Waals surface area contributed by atoms with Crippen LogP contribution < -0.4 is 25.6 Å². The second kappa shape index (κ2) is 18.3. The molecule has 15 nitrogen and oxygen atoms in total. The van der Waals surface area contributed by atoms with Gasteiger partial charge in [-0.25, -0.2) is 18.0 Å². The van der Waals surface area contributed by atoms with Crippen molar-refractivity contribution in [3.63, 3.8) is 0 Å². The van der Waals surface area contributed by atoms with E-state index in [-0.39, 0.29) is 51.8 Å². The number of carbonyl (C=O) groups excluding carboxylic acids is 1. The van der Waals surface area contributed by atoms with Gasteiger partial charge in [-0.2, -0.15) is 9.97 Å². The maximum Gasteiger partial charge on any atom is 0.420 e. The summed E-state index contributed by atoms with van der Waals surface area (Å²) in [6, 6.07) is 10.9. The lowest BCUT2D eigenvalue weighted by Crippen LogP contribution is -2.60. The molecule has 390 valence electrons. The van der Waals surface area contributed by atoms with Crippen LogP contribution >= 0.6 is 0 Å². The quantitative estimate of drug-likeness (QED) is 0.108. The molecule has 3 aromatic heterocycles. The van der Waals surface area contributed by atoms with Gasteiger partial charge in [0.25, 0.3) is 0 Å². The number of aliphatic hydroxyl groups is 1. The Morgan fingerprint density at radius 2 is 1.69 bits per heavy atom. The van der Waals surface area contributed by atoms with E-state index in [1.54, 1.807) is 13.0 Å². The fourth-order valence-corrected chi connectivity index (χ4v) is 13.2. The number of aryl methyl sites for hydroxylation is 1. The molecule has 2 saturated carbocycles. The summed E-state index contributed by atoms with van der Waals surface area (Å²) in [6.45, 7) is 14.6. The van der Waals surface area contributed by atoms with Crippen LogP contribution in [0.4, 0.5) is 24.7 Å². The van der Waals surface area contributed by atoms with E-state index in [1.807, 2.05) is 30.0 Å². The van der Waals surface area contributed by atoms with Crippen LogP contribution in [0.1, 0.15) is 89.7 Å². The second-order valence-corrected chi connectivity index (χ2v) is 22.9. The highest BCUT2D eigenvalue weighted by atomic mass is 19.1. The zero-order valence-electron chi connectivity index (χ0n) is 42.2. The predicted molar refractivity (Wildman–Crippen MR) is 276 cm³/mol. The molecule has 74 heavy (non-hydrogen) atoms. The Kier molecular flexibility index (Phi) is 12.0. The Balaban J connectivity index is 0.676. The van der Waals surface area contributed by atoms with E-state index in [1.165, 1.54) is 29.0 Å². The lowest BCUT2D eigenvalue weighted by Gasteiger charge is -2.57. The van der Waals surface area contributed by atoms with Crippen LogP contribution in [0.15, 0.2) is 70.1 Å². The van der Waals surface area contributed by atoms with Gasteiger partial charge in [0.1, 0.15) is 40.3 Å². The van der Waals surface area contributed by atoms with Crippen molar-refractivity contribution in [2.45, 2.75) is 102 Å². The normalized spacial score (nSPS) is 23.9. The minimum atomic E-state index is -1.22. The number of aromatic nitrogens is 4. The first-order chi connectivity index (χ1) is 35.5. The number of amides is 1. The standard InChI is InChI=1S/C56H64F3N9O6/c1-4-38-41(57)9-7-35-24-37(69)26-39(45(35)38)47-46(58)48-40(27-60-47)49(67-17-5-12-53(3,72)30-67)63-51(62-48)73-33-55(13-14-55)31-64-18-15-54(16-19-64)28-56(59,29-54)32-65-20-22-66(23-21-65)36-8-11-42-44(25-36)74-52(71)68(42)43-10-6-34(2)61-50(43)70/h7-9,11,24-27,43,69,72H,2,4-6,10,12-23,28-33H2,1,3H3,(H,61,70)/t43?,53-/m1/s1. The summed E-state index contributed by atoms with van der Waals surface area (Å²) in [7, 11) is 0. The number of piperazine rings is 1. The summed E-state index contributed by atoms with van der Waals surface area (Å²) in [6.07, 6.45) is 9.22. The van der Waals surface area contributed by atoms with Crippen LogP contribution in [0.2, 0.25) is 0 Å². The molecule has 4 saturated heterocycles. The molecule has 1 spiro atoms. The first kappa shape index (κ1) is 48.7. The molecule has 2 atom stereocenters. The lowest BCUT2D eigenvalue weighted by atomic mass is 9.55. The summed E-state index contributed by atoms with van der Waals surface area (Å²) in [4.78, 5) is 48.6. The van der Waals surface area contributed by atoms with Crippen LogP contribution in [-0.4, -0.2) is 129 Å². The Bertz CT molecular complexity index is 3280. The lowest BCUT2D eigenvalue weighted by molar-refractivity contribution is -0.124. The van der Waals surface area contributed by atoms with Crippen molar-refractivity contribution >= 4 is 50.2 Å². The number of oxazole rings is 1. The monoisotopic (exact) mass is 1020 g/mol. The van der Waals surface area contributed by atoms with Crippen molar-refractivity contribution < 1.29 is 37.3 Å². The highest BCUT2D eigenvalue weighted by Gasteiger charge is 2.57. The fourth-order valence-electron chi connectivity index (χ4n) is 13.2. The summed E-state index contributed by atoms with van der Waals surface area (Å²) in [5, 5.41) is 26.0. The number of alkyl halides is 1. The van der Waals surface area contributed by atoms with Gasteiger partial charge in [0, 0.05) is 87.0 Å². The van der Waals surface area contributed by atoms with Crippen molar-refractivity contribution in [3.05, 3.63) is 88.7 Å². The van der Waals surface area contributed by atoms with Crippen LogP contribution in [0, 0.1) is 22.5 Å². The summed E-state index contributed by atoms with van der Waals surface area (Å²) in [5.74, 6) is -1.67. The number of anilines is 2. The highest BCUT2D eigenvalue weighted by Crippen LogP contribution is 2.58. The number of allylic oxidation sites excluding steroid dienone is 1. The number of pyridine rings is 1. The first-order valence-electron chi connectivity index (χ1n) is 26.4. The average Bonchev–Trinajstić information content (AvgIpc) is 4.06. The minimum Gasteiger partial charge on any atom is -0.508 e. The molecule has 3 aromatic carbocycles. The topological polar surface area (TPSA) is 166 Å². The number of ether oxygens (including phenoxy) is 1. The predicted octanol–water partition coefficient (Wildman–Crippen LogP) is 8.18. The van der Waals surface area contributed by atoms with Gasteiger partial charge in [-0.15, -0.1) is 0 Å². The number of aromatic hydroxyl groups is 1. The first-order valence-corrected chi connectivity index (χ1v) is 26.4. The minimum absolute atomic E-state index is 0.00552. The molecule has 7 heterocycles. The van der Waals surface area contributed by atoms with Gasteiger partial charge in [0.05, 0.1) is 23.1 Å². The van der Waals surface area contributed by atoms with E-state index in [0.29, 0.717) is 109 Å². The number of nitrogens with zero attached hydrogens (tertiary/aromatic N) is 8. The van der Waals surface area contributed by atoms with E-state index in [0.717, 1.165) is 77.2 Å². The van der Waals surface area contributed by atoms with Gasteiger partial charge in [-0.3, -0.25) is 19.2 Å². The maximum atomic E-state index is 17.2. The molecule has 18 heteroatoms. The molecule has 6 aliphatic rings. The zero-order valence-corrected chi connectivity index (χ0v) is 42.2. The molecule has 1 unspecified atom stereocenters. The summed E-state index contributed by atoms with van der Waals surface area (Å²) in [5.41, 5.74) is 0.848. The number of benzene rings is 3. The van der Waals surface area contributed by atoms with E-state index in [4.69, 9.17) is 14.1 Å². The number of nitrogens with one attached hydrogen (secondary N) is 1. The number of likely N-dealkylation sites (tertiary alicyclic amines) is 1. The van der Waals surface area contributed by atoms with Crippen molar-refractivity contribution in [1.29, 1.82) is 0 Å². The zero-order chi connectivity index (χ0) is 51.3. The van der Waals surface area contributed by atoms with Crippen LogP contribution in [0.25, 0.3) is 44.0 Å². The molecule has 6 aromatic rings. The van der Waals surface area contributed by atoms with E-state index in [9.17, 15) is 19.8 Å². The second-order valence-electron chi connectivity index (χ2n) is 22.9. The van der Waals surface area contributed by atoms with Crippen molar-refractivity contribution in [3.8, 4) is 23.0 Å². The van der Waals surface area contributed by atoms with Crippen molar-refractivity contribution in [2.75, 3.05) is 81.9 Å². The van der Waals surface area contributed by atoms with E-state index in [2.05, 4.69) is 36.6 Å². The number of phenols is 1. The molecular weight excluding hydrogens is 952 g/mol. The third-order valence-electron chi connectivity index (χ3n) is 17.2. The number of fused-ring (bicyclic) bond motifs is 3. The summed E-state index contributed by atoms with van der Waals surface area (Å²) < 4.78 is 62.4. The number of phenolic OH excluding ortho intramolecular Hbond substituents is 1. The average molecular weight is 1020 g/mol. The highest BCUT2D eigenvalue weighted by molar-refractivity contribution is 6.02. The number of carbonyl (C=O) groups is 1. The van der Waals surface area contributed by atoms with Gasteiger partial charge < -0.3 is 39.4 Å². The number of rotatable bonds is 12. The molecule has 4 aliphatic heterocycles. The number of hydrogen-bond donors (Lipinski definition) is 3. The fraction of sp³-hybridized carbons (Fsp3) is 0.518. The third kappa shape index (κ3) is 9.03. The van der Waals surface area contributed by atoms with Crippen LogP contribution in [0.3, 0.4) is 0 Å². The smallest absolute Gasteiger partial charge is 0.420 e. The third-order valence-corrected chi connectivity index (χ3v) is 17.2. The SMILES string of the molecule is C=C1CCC(n2c(=O)oc3cc(N4CCN(CC5(F)CC6(CCN(CC7(COc8nc(N9CCC[C@@](C)(O)C9)c9cnc(-c%10cc(O)cc%11ccc(F)c(CC)c%10%11)c(F)c9n8)CC7)CC6)C5)CC4)ccc32)C(=O)N1. The van der Waals surface area contributed by atoms with Crippen LogP contribution in [0.5, 0.6) is 11.8 Å². The maximum absolute atomic E-state index is 17.2. The molecule has 6 fully saturated rings. The molecule has 0 radical (unpaired) electrons. The Morgan fingerprint density at radius 3 is 2.42 bits per heavy atom. The summed E-state index contributed by atoms with van der Waals surface area (Å²) >= 11 is 0. The number of halogens is 3. The molecular formula is C56H64F3N9O6. The molecule has 2 aliphatic carbocycles. The molecule has 1 amide bonds. The largest absolute Gasteiger partial charge is 0.508 e. The Morgan fingerprint density at radius 1 is 0.919 bits per heavy atom.